The normalized spacial score (nSPS) is 16.5. The van der Waals surface area contributed by atoms with Crippen LogP contribution in [0.3, 0.4) is 0 Å². The number of likely N-dealkylation sites (N-methyl/N-ethyl adjacent to an activating group) is 1. The highest BCUT2D eigenvalue weighted by molar-refractivity contribution is 5.88. The van der Waals surface area contributed by atoms with E-state index in [1.165, 1.54) is 27.8 Å². The molecule has 3 rings (SSSR count). The topological polar surface area (TPSA) is 16.1 Å². The monoisotopic (exact) mass is 292 g/mol. The van der Waals surface area contributed by atoms with E-state index in [9.17, 15) is 0 Å². The van der Waals surface area contributed by atoms with Gasteiger partial charge in [0.1, 0.15) is 0 Å². The van der Waals surface area contributed by atoms with Crippen molar-refractivity contribution >= 4 is 16.5 Å². The number of allylic oxidation sites excluding steroid dienone is 3. The first-order chi connectivity index (χ1) is 10.6. The van der Waals surface area contributed by atoms with E-state index in [-0.39, 0.29) is 0 Å². The van der Waals surface area contributed by atoms with Crippen LogP contribution in [0.1, 0.15) is 31.4 Å². The van der Waals surface area contributed by atoms with Crippen molar-refractivity contribution in [2.45, 2.75) is 27.2 Å². The summed E-state index contributed by atoms with van der Waals surface area (Å²) in [6.07, 6.45) is 7.58. The summed E-state index contributed by atoms with van der Waals surface area (Å²) in [7, 11) is 2.19. The van der Waals surface area contributed by atoms with Gasteiger partial charge in [0.2, 0.25) is 0 Å². The zero-order valence-electron chi connectivity index (χ0n) is 13.9. The molecule has 2 nitrogen and oxygen atoms in total. The molecule has 0 bridgehead atoms. The lowest BCUT2D eigenvalue weighted by molar-refractivity contribution is 0.393. The van der Waals surface area contributed by atoms with Crippen molar-refractivity contribution in [2.24, 2.45) is 5.92 Å². The predicted octanol–water partition coefficient (Wildman–Crippen LogP) is 4.80. The maximum Gasteiger partial charge on any atom is 0.0705 e. The number of aromatic nitrogens is 1. The molecule has 1 aliphatic rings. The van der Waals surface area contributed by atoms with Gasteiger partial charge in [0.15, 0.2) is 0 Å². The van der Waals surface area contributed by atoms with Crippen LogP contribution in [0.4, 0.5) is 0 Å². The van der Waals surface area contributed by atoms with Crippen LogP contribution in [0.15, 0.2) is 48.3 Å². The van der Waals surface area contributed by atoms with Crippen molar-refractivity contribution in [1.29, 1.82) is 0 Å². The molecule has 1 aromatic heterocycles. The zero-order valence-corrected chi connectivity index (χ0v) is 13.9. The summed E-state index contributed by atoms with van der Waals surface area (Å²) in [6, 6.07) is 8.72. The number of hydrogen-bond donors (Lipinski definition) is 0. The fourth-order valence-corrected chi connectivity index (χ4v) is 3.25. The van der Waals surface area contributed by atoms with E-state index < -0.39 is 0 Å². The lowest BCUT2D eigenvalue weighted by atomic mass is 9.91. The van der Waals surface area contributed by atoms with Crippen LogP contribution >= 0.6 is 0 Å². The van der Waals surface area contributed by atoms with Gasteiger partial charge in [0.25, 0.3) is 0 Å². The summed E-state index contributed by atoms with van der Waals surface area (Å²) in [5.74, 6) is 0.565. The van der Waals surface area contributed by atoms with Crippen molar-refractivity contribution in [3.05, 3.63) is 59.4 Å². The fourth-order valence-electron chi connectivity index (χ4n) is 3.25. The van der Waals surface area contributed by atoms with Crippen LogP contribution in [0.2, 0.25) is 0 Å². The quantitative estimate of drug-likeness (QED) is 0.807. The summed E-state index contributed by atoms with van der Waals surface area (Å²) in [6.45, 7) is 7.73. The molecular weight excluding hydrogens is 268 g/mol. The number of benzene rings is 1. The Hall–Kier alpha value is -2.09. The van der Waals surface area contributed by atoms with Gasteiger partial charge in [-0.05, 0) is 48.6 Å². The smallest absolute Gasteiger partial charge is 0.0705 e. The average Bonchev–Trinajstić information content (AvgIpc) is 2.54. The van der Waals surface area contributed by atoms with Gasteiger partial charge < -0.3 is 4.90 Å². The number of pyridine rings is 1. The molecule has 1 unspecified atom stereocenters. The van der Waals surface area contributed by atoms with Crippen LogP contribution in [0.5, 0.6) is 0 Å². The maximum atomic E-state index is 4.47. The Balaban J connectivity index is 2.19. The highest BCUT2D eigenvalue weighted by atomic mass is 15.1. The molecule has 0 radical (unpaired) electrons. The van der Waals surface area contributed by atoms with Gasteiger partial charge in [-0.25, -0.2) is 0 Å². The zero-order chi connectivity index (χ0) is 15.7. The Labute approximate surface area is 133 Å². The molecule has 0 saturated heterocycles. The fraction of sp³-hybridized carbons (Fsp3) is 0.350. The number of hydrogen-bond acceptors (Lipinski definition) is 2. The van der Waals surface area contributed by atoms with E-state index in [0.717, 1.165) is 18.5 Å². The summed E-state index contributed by atoms with van der Waals surface area (Å²) >= 11 is 0. The molecule has 2 aromatic rings. The van der Waals surface area contributed by atoms with E-state index in [4.69, 9.17) is 0 Å². The third-order valence-corrected chi connectivity index (χ3v) is 4.70. The summed E-state index contributed by atoms with van der Waals surface area (Å²) in [4.78, 5) is 6.85. The summed E-state index contributed by atoms with van der Waals surface area (Å²) in [5.41, 5.74) is 6.45. The third-order valence-electron chi connectivity index (χ3n) is 4.70. The molecule has 1 aromatic carbocycles. The van der Waals surface area contributed by atoms with Gasteiger partial charge in [-0.1, -0.05) is 32.1 Å². The number of aryl methyl sites for hydroxylation is 1. The second-order valence-corrected chi connectivity index (χ2v) is 6.25. The summed E-state index contributed by atoms with van der Waals surface area (Å²) < 4.78 is 0. The largest absolute Gasteiger partial charge is 0.373 e. The molecule has 22 heavy (non-hydrogen) atoms. The van der Waals surface area contributed by atoms with Crippen molar-refractivity contribution in [2.75, 3.05) is 13.6 Å². The second kappa shape index (κ2) is 5.96. The van der Waals surface area contributed by atoms with E-state index in [1.807, 2.05) is 6.20 Å². The molecular formula is C20H24N2. The first kappa shape index (κ1) is 14.8. The van der Waals surface area contributed by atoms with Crippen molar-refractivity contribution in [3.63, 3.8) is 0 Å². The predicted molar refractivity (Wildman–Crippen MR) is 94.6 cm³/mol. The molecule has 1 atom stereocenters. The Morgan fingerprint density at radius 3 is 2.86 bits per heavy atom. The minimum Gasteiger partial charge on any atom is -0.373 e. The Bertz CT molecular complexity index is 755. The Kier molecular flexibility index (Phi) is 4.02. The molecule has 0 amide bonds. The summed E-state index contributed by atoms with van der Waals surface area (Å²) in [5, 5.41) is 1.25. The van der Waals surface area contributed by atoms with Gasteiger partial charge in [-0.15, -0.1) is 0 Å². The first-order valence-electron chi connectivity index (χ1n) is 8.09. The van der Waals surface area contributed by atoms with Crippen LogP contribution in [0.25, 0.3) is 16.5 Å². The third kappa shape index (κ3) is 2.54. The highest BCUT2D eigenvalue weighted by Crippen LogP contribution is 2.33. The van der Waals surface area contributed by atoms with Crippen LogP contribution in [-0.2, 0) is 0 Å². The molecule has 2 heteroatoms. The highest BCUT2D eigenvalue weighted by Gasteiger charge is 2.19. The van der Waals surface area contributed by atoms with Crippen molar-refractivity contribution in [3.8, 4) is 0 Å². The van der Waals surface area contributed by atoms with Crippen LogP contribution in [-0.4, -0.2) is 23.5 Å². The molecule has 0 fully saturated rings. The van der Waals surface area contributed by atoms with Gasteiger partial charge in [-0.2, -0.15) is 0 Å². The lowest BCUT2D eigenvalue weighted by Gasteiger charge is -2.31. The molecule has 2 heterocycles. The standard InChI is InChI=1S/C20H24N2/c1-5-14(2)20-17(7-6-12-22(20)4)16-8-9-19-18(13-16)15(3)10-11-21-19/h6-11,13-14H,5,12H2,1-4H3. The van der Waals surface area contributed by atoms with Crippen LogP contribution < -0.4 is 0 Å². The Morgan fingerprint density at radius 1 is 1.27 bits per heavy atom. The minimum absolute atomic E-state index is 0.565. The molecule has 0 spiro atoms. The Morgan fingerprint density at radius 2 is 2.09 bits per heavy atom. The maximum absolute atomic E-state index is 4.47. The van der Waals surface area contributed by atoms with Crippen molar-refractivity contribution < 1.29 is 0 Å². The average molecular weight is 292 g/mol. The SMILES string of the molecule is CCC(C)C1=C(c2ccc3nccc(C)c3c2)C=CCN1C. The lowest BCUT2D eigenvalue weighted by Crippen LogP contribution is -2.25. The molecule has 1 aliphatic heterocycles. The van der Waals surface area contributed by atoms with Gasteiger partial charge in [-0.3, -0.25) is 4.98 Å². The second-order valence-electron chi connectivity index (χ2n) is 6.25. The van der Waals surface area contributed by atoms with E-state index in [1.54, 1.807) is 0 Å². The van der Waals surface area contributed by atoms with E-state index in [0.29, 0.717) is 5.92 Å². The number of nitrogens with zero attached hydrogens (tertiary/aromatic N) is 2. The molecule has 0 aliphatic carbocycles. The van der Waals surface area contributed by atoms with Crippen LogP contribution in [0, 0.1) is 12.8 Å². The first-order valence-corrected chi connectivity index (χ1v) is 8.09. The molecule has 0 N–H and O–H groups in total. The molecule has 0 saturated carbocycles. The van der Waals surface area contributed by atoms with Crippen molar-refractivity contribution in [1.82, 2.24) is 9.88 Å². The van der Waals surface area contributed by atoms with Gasteiger partial charge >= 0.3 is 0 Å². The van der Waals surface area contributed by atoms with Gasteiger partial charge in [0, 0.05) is 36.4 Å². The molecule has 114 valence electrons. The minimum atomic E-state index is 0.565. The van der Waals surface area contributed by atoms with E-state index >= 15 is 0 Å². The number of fused-ring (bicyclic) bond motifs is 1. The van der Waals surface area contributed by atoms with E-state index in [2.05, 4.69) is 74.1 Å². The number of rotatable bonds is 3. The van der Waals surface area contributed by atoms with Gasteiger partial charge in [0.05, 0.1) is 5.52 Å².